The van der Waals surface area contributed by atoms with Gasteiger partial charge in [0.15, 0.2) is 0 Å². The van der Waals surface area contributed by atoms with Crippen LogP contribution in [0.15, 0.2) is 70.1 Å². The van der Waals surface area contributed by atoms with Gasteiger partial charge in [0.2, 0.25) is 0 Å². The van der Waals surface area contributed by atoms with E-state index in [4.69, 9.17) is 23.6 Å². The van der Waals surface area contributed by atoms with Gasteiger partial charge in [-0.15, -0.1) is 0 Å². The van der Waals surface area contributed by atoms with E-state index >= 15 is 0 Å². The Morgan fingerprint density at radius 1 is 0.727 bits per heavy atom. The van der Waals surface area contributed by atoms with Crippen molar-refractivity contribution in [2.24, 2.45) is 4.99 Å². The van der Waals surface area contributed by atoms with Crippen molar-refractivity contribution in [2.45, 2.75) is 27.7 Å². The van der Waals surface area contributed by atoms with E-state index in [1.165, 1.54) is 0 Å². The lowest BCUT2D eigenvalue weighted by Gasteiger charge is -2.06. The highest BCUT2D eigenvalue weighted by atomic mass is 16.5. The van der Waals surface area contributed by atoms with Gasteiger partial charge in [-0.05, 0) is 87.4 Å². The number of nitrogens with zero attached hydrogens (tertiary/aromatic N) is 1. The lowest BCUT2D eigenvalue weighted by Crippen LogP contribution is -2.00. The molecule has 0 atom stereocenters. The molecule has 5 nitrogen and oxygen atoms in total. The molecule has 0 aliphatic heterocycles. The van der Waals surface area contributed by atoms with E-state index in [0.717, 1.165) is 61.7 Å². The van der Waals surface area contributed by atoms with Gasteiger partial charge < -0.3 is 18.6 Å². The molecule has 0 bridgehead atoms. The Kier molecular flexibility index (Phi) is 6.68. The summed E-state index contributed by atoms with van der Waals surface area (Å²) in [5.74, 6) is 4.04. The van der Waals surface area contributed by atoms with E-state index in [-0.39, 0.29) is 0 Å². The van der Waals surface area contributed by atoms with Crippen LogP contribution in [0.5, 0.6) is 17.2 Å². The number of ether oxygens (including phenoxy) is 3. The number of fused-ring (bicyclic) bond motifs is 1. The zero-order chi connectivity index (χ0) is 23.4. The van der Waals surface area contributed by atoms with Crippen molar-refractivity contribution in [1.29, 1.82) is 0 Å². The third-order valence-electron chi connectivity index (χ3n) is 5.46. The van der Waals surface area contributed by atoms with Gasteiger partial charge in [0.1, 0.15) is 28.8 Å². The molecule has 3 aromatic carbocycles. The van der Waals surface area contributed by atoms with Gasteiger partial charge in [-0.2, -0.15) is 0 Å². The average Bonchev–Trinajstić information content (AvgIpc) is 3.02. The molecule has 0 aliphatic carbocycles. The normalized spacial score (nSPS) is 11.6. The van der Waals surface area contributed by atoms with Gasteiger partial charge in [-0.1, -0.05) is 12.1 Å². The topological polar surface area (TPSA) is 53.2 Å². The van der Waals surface area contributed by atoms with E-state index in [0.29, 0.717) is 13.2 Å². The molecule has 1 heterocycles. The van der Waals surface area contributed by atoms with Crippen molar-refractivity contribution in [3.05, 3.63) is 77.5 Å². The highest BCUT2D eigenvalue weighted by Crippen LogP contribution is 2.34. The molecule has 0 spiro atoms. The lowest BCUT2D eigenvalue weighted by molar-refractivity contribution is 0.340. The lowest BCUT2D eigenvalue weighted by atomic mass is 10.1. The predicted molar refractivity (Wildman–Crippen MR) is 132 cm³/mol. The summed E-state index contributed by atoms with van der Waals surface area (Å²) in [5, 5.41) is 2.71. The predicted octanol–water partition coefficient (Wildman–Crippen LogP) is 6.76. The zero-order valence-corrected chi connectivity index (χ0v) is 19.8. The molecular formula is C28H29NO4. The number of benzene rings is 2. The van der Waals surface area contributed by atoms with E-state index in [1.807, 2.05) is 64.1 Å². The fourth-order valence-corrected chi connectivity index (χ4v) is 3.99. The first-order valence-electron chi connectivity index (χ1n) is 11.2. The molecule has 0 fully saturated rings. The number of rotatable bonds is 7. The molecule has 4 rings (SSSR count). The molecule has 33 heavy (non-hydrogen) atoms. The third-order valence-corrected chi connectivity index (χ3v) is 5.46. The molecule has 170 valence electrons. The maximum atomic E-state index is 6.09. The van der Waals surface area contributed by atoms with Crippen molar-refractivity contribution in [3.8, 4) is 28.4 Å². The van der Waals surface area contributed by atoms with Crippen molar-refractivity contribution in [3.63, 3.8) is 0 Å². The minimum atomic E-state index is 0.552. The number of aryl methyl sites for hydroxylation is 2. The number of methoxy groups -OCH3 is 1. The second-order valence-electron chi connectivity index (χ2n) is 7.66. The van der Waals surface area contributed by atoms with Crippen molar-refractivity contribution >= 4 is 16.5 Å². The molecule has 5 heteroatoms. The zero-order valence-electron chi connectivity index (χ0n) is 19.8. The summed E-state index contributed by atoms with van der Waals surface area (Å²) in [6, 6.07) is 19.9. The molecule has 0 radical (unpaired) electrons. The van der Waals surface area contributed by atoms with Crippen molar-refractivity contribution in [1.82, 2.24) is 0 Å². The Labute approximate surface area is 194 Å². The van der Waals surface area contributed by atoms with Gasteiger partial charge in [-0.25, -0.2) is 4.99 Å². The SMILES string of the molecule is CCOc1ccc(-c2cc(OCC)c3c(C)oc(C)c3c(=Nc3ccc(OC)cc3)c2)cc1. The van der Waals surface area contributed by atoms with Gasteiger partial charge in [0.25, 0.3) is 0 Å². The summed E-state index contributed by atoms with van der Waals surface area (Å²) in [7, 11) is 1.66. The molecule has 4 aromatic rings. The number of hydrogen-bond donors (Lipinski definition) is 0. The van der Waals surface area contributed by atoms with Crippen LogP contribution in [0.3, 0.4) is 0 Å². The van der Waals surface area contributed by atoms with Crippen LogP contribution in [-0.2, 0) is 0 Å². The third kappa shape index (κ3) is 4.72. The number of furan rings is 1. The quantitative estimate of drug-likeness (QED) is 0.317. The summed E-state index contributed by atoms with van der Waals surface area (Å²) < 4.78 is 23.0. The fourth-order valence-electron chi connectivity index (χ4n) is 3.99. The van der Waals surface area contributed by atoms with Crippen LogP contribution >= 0.6 is 0 Å². The van der Waals surface area contributed by atoms with Crippen LogP contribution in [0.4, 0.5) is 5.69 Å². The number of hydrogen-bond acceptors (Lipinski definition) is 5. The van der Waals surface area contributed by atoms with Gasteiger partial charge in [0, 0.05) is 0 Å². The van der Waals surface area contributed by atoms with E-state index < -0.39 is 0 Å². The molecule has 0 saturated heterocycles. The van der Waals surface area contributed by atoms with Crippen LogP contribution in [0.25, 0.3) is 21.9 Å². The summed E-state index contributed by atoms with van der Waals surface area (Å²) in [5.41, 5.74) is 2.89. The molecule has 0 aliphatic rings. The Bertz CT molecular complexity index is 1320. The van der Waals surface area contributed by atoms with Gasteiger partial charge in [0.05, 0.1) is 42.1 Å². The smallest absolute Gasteiger partial charge is 0.131 e. The first-order chi connectivity index (χ1) is 16.0. The van der Waals surface area contributed by atoms with Crippen LogP contribution in [-0.4, -0.2) is 20.3 Å². The van der Waals surface area contributed by atoms with Crippen LogP contribution < -0.4 is 19.6 Å². The first-order valence-corrected chi connectivity index (χ1v) is 11.2. The van der Waals surface area contributed by atoms with E-state index in [1.54, 1.807) is 7.11 Å². The molecule has 0 amide bonds. The summed E-state index contributed by atoms with van der Waals surface area (Å²) in [4.78, 5) is 5.00. The van der Waals surface area contributed by atoms with E-state index in [9.17, 15) is 0 Å². The standard InChI is InChI=1S/C28H29NO4/c1-6-31-24-12-8-20(9-13-24)21-16-25(29-22-10-14-23(30-5)15-11-22)27-18(3)33-19(4)28(27)26(17-21)32-7-2/h8-17H,6-7H2,1-5H3. The maximum absolute atomic E-state index is 6.09. The highest BCUT2D eigenvalue weighted by molar-refractivity contribution is 5.93. The highest BCUT2D eigenvalue weighted by Gasteiger charge is 2.15. The Balaban J connectivity index is 2.01. The Morgan fingerprint density at radius 3 is 2.00 bits per heavy atom. The molecule has 0 unspecified atom stereocenters. The van der Waals surface area contributed by atoms with Crippen LogP contribution in [0.2, 0.25) is 0 Å². The fraction of sp³-hybridized carbons (Fsp3) is 0.250. The van der Waals surface area contributed by atoms with Crippen molar-refractivity contribution in [2.75, 3.05) is 20.3 Å². The summed E-state index contributed by atoms with van der Waals surface area (Å²) in [6.45, 7) is 9.08. The Hall–Kier alpha value is -3.73. The summed E-state index contributed by atoms with van der Waals surface area (Å²) >= 11 is 0. The monoisotopic (exact) mass is 443 g/mol. The van der Waals surface area contributed by atoms with Crippen LogP contribution in [0.1, 0.15) is 25.4 Å². The van der Waals surface area contributed by atoms with Crippen LogP contribution in [0, 0.1) is 13.8 Å². The van der Waals surface area contributed by atoms with Gasteiger partial charge >= 0.3 is 0 Å². The van der Waals surface area contributed by atoms with E-state index in [2.05, 4.69) is 24.3 Å². The molecule has 0 saturated carbocycles. The first kappa shape index (κ1) is 22.5. The largest absolute Gasteiger partial charge is 0.497 e. The van der Waals surface area contributed by atoms with Crippen molar-refractivity contribution < 1.29 is 18.6 Å². The second kappa shape index (κ2) is 9.82. The minimum absolute atomic E-state index is 0.552. The minimum Gasteiger partial charge on any atom is -0.497 e. The molecule has 1 aromatic heterocycles. The maximum Gasteiger partial charge on any atom is 0.131 e. The second-order valence-corrected chi connectivity index (χ2v) is 7.66. The Morgan fingerprint density at radius 2 is 1.36 bits per heavy atom. The summed E-state index contributed by atoms with van der Waals surface area (Å²) in [6.07, 6.45) is 0. The molecular weight excluding hydrogens is 414 g/mol. The molecule has 0 N–H and O–H groups in total. The average molecular weight is 444 g/mol. The van der Waals surface area contributed by atoms with Gasteiger partial charge in [-0.3, -0.25) is 0 Å².